The molecule has 24 heavy (non-hydrogen) atoms. The van der Waals surface area contributed by atoms with Crippen molar-refractivity contribution < 1.29 is 26.9 Å². The van der Waals surface area contributed by atoms with Crippen molar-refractivity contribution in [1.82, 2.24) is 0 Å². The third-order valence-corrected chi connectivity index (χ3v) is 5.08. The van der Waals surface area contributed by atoms with Crippen LogP contribution in [0.5, 0.6) is 5.75 Å². The Kier molecular flexibility index (Phi) is 5.87. The summed E-state index contributed by atoms with van der Waals surface area (Å²) < 4.78 is 38.2. The summed E-state index contributed by atoms with van der Waals surface area (Å²) in [7, 11) is -1.85. The smallest absolute Gasteiger partial charge is 0.302 e. The van der Waals surface area contributed by atoms with Gasteiger partial charge in [0.1, 0.15) is 12.4 Å². The number of hydrogen-bond donors (Lipinski definition) is 0. The summed E-state index contributed by atoms with van der Waals surface area (Å²) in [5, 5.41) is 0. The number of methoxy groups -OCH3 is 1. The van der Waals surface area contributed by atoms with E-state index in [0.717, 1.165) is 17.6 Å². The van der Waals surface area contributed by atoms with Gasteiger partial charge in [0.25, 0.3) is 10.1 Å². The molecule has 0 heterocycles. The predicted octanol–water partition coefficient (Wildman–Crippen LogP) is 2.41. The van der Waals surface area contributed by atoms with E-state index in [1.165, 1.54) is 6.92 Å². The molecule has 0 radical (unpaired) electrons. The number of hydrogen-bond acceptors (Lipinski definition) is 6. The van der Waals surface area contributed by atoms with E-state index in [4.69, 9.17) is 13.7 Å². The van der Waals surface area contributed by atoms with E-state index in [0.29, 0.717) is 25.7 Å². The first-order valence-corrected chi connectivity index (χ1v) is 9.72. The normalized spacial score (nSPS) is 24.4. The molecule has 1 fully saturated rings. The lowest BCUT2D eigenvalue weighted by Gasteiger charge is -2.39. The molecule has 6 nitrogen and oxygen atoms in total. The number of rotatable bonds is 6. The largest absolute Gasteiger partial charge is 0.497 e. The Balaban J connectivity index is 2.17. The van der Waals surface area contributed by atoms with Gasteiger partial charge < -0.3 is 9.47 Å². The molecule has 0 bridgehead atoms. The van der Waals surface area contributed by atoms with Gasteiger partial charge in [-0.1, -0.05) is 12.1 Å². The van der Waals surface area contributed by atoms with Gasteiger partial charge in [-0.2, -0.15) is 8.42 Å². The van der Waals surface area contributed by atoms with Gasteiger partial charge in [0.05, 0.1) is 19.5 Å². The van der Waals surface area contributed by atoms with Crippen LogP contribution in [-0.4, -0.2) is 40.5 Å². The van der Waals surface area contributed by atoms with E-state index in [2.05, 4.69) is 0 Å². The second-order valence-electron chi connectivity index (χ2n) is 6.29. The van der Waals surface area contributed by atoms with Gasteiger partial charge in [0.15, 0.2) is 0 Å². The molecule has 1 aliphatic carbocycles. The van der Waals surface area contributed by atoms with Crippen molar-refractivity contribution in [3.05, 3.63) is 29.8 Å². The molecule has 0 N–H and O–H groups in total. The average molecular weight is 356 g/mol. The monoisotopic (exact) mass is 356 g/mol. The average Bonchev–Trinajstić information content (AvgIpc) is 2.53. The Morgan fingerprint density at radius 3 is 2.25 bits per heavy atom. The maximum Gasteiger partial charge on any atom is 0.302 e. The van der Waals surface area contributed by atoms with Crippen molar-refractivity contribution >= 4 is 16.1 Å². The van der Waals surface area contributed by atoms with Crippen LogP contribution in [0.25, 0.3) is 0 Å². The predicted molar refractivity (Wildman–Crippen MR) is 89.5 cm³/mol. The molecule has 0 aliphatic heterocycles. The summed E-state index contributed by atoms with van der Waals surface area (Å²) in [5.74, 6) is 0.438. The number of carbonyl (C=O) groups excluding carboxylic acids is 1. The molecular weight excluding hydrogens is 332 g/mol. The minimum absolute atomic E-state index is 0.278. The first-order valence-electron chi connectivity index (χ1n) is 7.90. The molecule has 1 aliphatic rings. The van der Waals surface area contributed by atoms with Crippen LogP contribution in [0.15, 0.2) is 24.3 Å². The molecule has 1 saturated carbocycles. The lowest BCUT2D eigenvalue weighted by Crippen LogP contribution is -2.39. The van der Waals surface area contributed by atoms with E-state index in [9.17, 15) is 13.2 Å². The van der Waals surface area contributed by atoms with Crippen LogP contribution in [-0.2, 0) is 29.2 Å². The molecule has 2 rings (SSSR count). The van der Waals surface area contributed by atoms with Crippen LogP contribution in [0.3, 0.4) is 0 Å². The van der Waals surface area contributed by atoms with E-state index in [1.54, 1.807) is 7.11 Å². The second kappa shape index (κ2) is 7.53. The van der Waals surface area contributed by atoms with Crippen molar-refractivity contribution in [2.45, 2.75) is 44.1 Å². The highest BCUT2D eigenvalue weighted by molar-refractivity contribution is 7.86. The second-order valence-corrected chi connectivity index (χ2v) is 7.89. The molecule has 0 atom stereocenters. The highest BCUT2D eigenvalue weighted by atomic mass is 32.2. The Morgan fingerprint density at radius 1 is 1.21 bits per heavy atom. The van der Waals surface area contributed by atoms with Gasteiger partial charge in [0, 0.05) is 12.3 Å². The van der Waals surface area contributed by atoms with Crippen LogP contribution in [0.2, 0.25) is 0 Å². The van der Waals surface area contributed by atoms with Crippen molar-refractivity contribution in [1.29, 1.82) is 0 Å². The number of esters is 1. The fourth-order valence-corrected chi connectivity index (χ4v) is 3.87. The summed E-state index contributed by atoms with van der Waals surface area (Å²) in [6.07, 6.45) is 3.32. The minimum Gasteiger partial charge on any atom is -0.497 e. The molecule has 0 spiro atoms. The lowest BCUT2D eigenvalue weighted by atomic mass is 9.69. The SMILES string of the molecule is COc1ccc([C@]2(COC(C)=O)CC[C@@H](OS(C)(=O)=O)CC2)cc1. The van der Waals surface area contributed by atoms with Crippen LogP contribution in [0.4, 0.5) is 0 Å². The van der Waals surface area contributed by atoms with Crippen LogP contribution in [0, 0.1) is 0 Å². The zero-order valence-electron chi connectivity index (χ0n) is 14.3. The highest BCUT2D eigenvalue weighted by Crippen LogP contribution is 2.41. The summed E-state index contributed by atoms with van der Waals surface area (Å²) in [5.41, 5.74) is 0.734. The summed E-state index contributed by atoms with van der Waals surface area (Å²) in [4.78, 5) is 11.3. The van der Waals surface area contributed by atoms with Crippen molar-refractivity contribution in [3.63, 3.8) is 0 Å². The number of carbonyl (C=O) groups is 1. The zero-order chi connectivity index (χ0) is 17.8. The van der Waals surface area contributed by atoms with Gasteiger partial charge in [-0.3, -0.25) is 8.98 Å². The number of ether oxygens (including phenoxy) is 2. The molecule has 0 amide bonds. The number of benzene rings is 1. The van der Waals surface area contributed by atoms with Gasteiger partial charge in [0.2, 0.25) is 0 Å². The first-order chi connectivity index (χ1) is 11.2. The van der Waals surface area contributed by atoms with Crippen molar-refractivity contribution in [3.8, 4) is 5.75 Å². The summed E-state index contributed by atoms with van der Waals surface area (Å²) in [6, 6.07) is 7.70. The molecule has 0 aromatic heterocycles. The van der Waals surface area contributed by atoms with Crippen molar-refractivity contribution in [2.24, 2.45) is 0 Å². The highest BCUT2D eigenvalue weighted by Gasteiger charge is 2.39. The Morgan fingerprint density at radius 2 is 1.79 bits per heavy atom. The molecule has 0 saturated heterocycles. The maximum atomic E-state index is 11.3. The minimum atomic E-state index is -3.46. The van der Waals surface area contributed by atoms with Gasteiger partial charge >= 0.3 is 5.97 Å². The first kappa shape index (κ1) is 18.7. The van der Waals surface area contributed by atoms with E-state index >= 15 is 0 Å². The molecule has 0 unspecified atom stereocenters. The van der Waals surface area contributed by atoms with E-state index in [-0.39, 0.29) is 24.1 Å². The third kappa shape index (κ3) is 4.95. The fraction of sp³-hybridized carbons (Fsp3) is 0.588. The lowest BCUT2D eigenvalue weighted by molar-refractivity contribution is -0.143. The van der Waals surface area contributed by atoms with Gasteiger partial charge in [-0.25, -0.2) is 0 Å². The zero-order valence-corrected chi connectivity index (χ0v) is 15.1. The molecule has 7 heteroatoms. The van der Waals surface area contributed by atoms with E-state index in [1.807, 2.05) is 24.3 Å². The van der Waals surface area contributed by atoms with Crippen molar-refractivity contribution in [2.75, 3.05) is 20.0 Å². The Labute approximate surface area is 143 Å². The van der Waals surface area contributed by atoms with E-state index < -0.39 is 10.1 Å². The third-order valence-electron chi connectivity index (χ3n) is 4.45. The Bertz CT molecular complexity index is 657. The van der Waals surface area contributed by atoms with Crippen LogP contribution < -0.4 is 4.74 Å². The van der Waals surface area contributed by atoms with Crippen LogP contribution >= 0.6 is 0 Å². The van der Waals surface area contributed by atoms with Gasteiger partial charge in [-0.05, 0) is 43.4 Å². The maximum absolute atomic E-state index is 11.3. The molecule has 1 aromatic carbocycles. The standard InChI is InChI=1S/C17H24O6S/c1-13(18)22-12-17(14-4-6-15(21-2)7-5-14)10-8-16(9-11-17)23-24(3,19)20/h4-7,16H,8-12H2,1-3H3/t16-,17-. The Hall–Kier alpha value is -1.60. The summed E-state index contributed by atoms with van der Waals surface area (Å²) in [6.45, 7) is 1.67. The fourth-order valence-electron chi connectivity index (χ4n) is 3.19. The molecular formula is C17H24O6S. The molecule has 134 valence electrons. The quantitative estimate of drug-likeness (QED) is 0.575. The topological polar surface area (TPSA) is 78.9 Å². The van der Waals surface area contributed by atoms with Gasteiger partial charge in [-0.15, -0.1) is 0 Å². The van der Waals surface area contributed by atoms with Crippen LogP contribution in [0.1, 0.15) is 38.2 Å². The molecule has 1 aromatic rings. The summed E-state index contributed by atoms with van der Waals surface area (Å²) >= 11 is 0.